The molecule has 0 aliphatic heterocycles. The van der Waals surface area contributed by atoms with Crippen molar-refractivity contribution in [2.45, 2.75) is 19.8 Å². The Bertz CT molecular complexity index is 430. The predicted octanol–water partition coefficient (Wildman–Crippen LogP) is 2.74. The highest BCUT2D eigenvalue weighted by atomic mass is 16.6. The summed E-state index contributed by atoms with van der Waals surface area (Å²) >= 11 is 0. The lowest BCUT2D eigenvalue weighted by Gasteiger charge is -2.09. The van der Waals surface area contributed by atoms with E-state index in [1.807, 2.05) is 6.92 Å². The van der Waals surface area contributed by atoms with Crippen molar-refractivity contribution in [3.8, 4) is 0 Å². The molecule has 0 saturated heterocycles. The summed E-state index contributed by atoms with van der Waals surface area (Å²) in [5.41, 5.74) is 1.94. The molecule has 0 atom stereocenters. The zero-order valence-electron chi connectivity index (χ0n) is 10.5. The van der Waals surface area contributed by atoms with Crippen LogP contribution in [0.3, 0.4) is 0 Å². The maximum absolute atomic E-state index is 10.6. The second kappa shape index (κ2) is 5.82. The summed E-state index contributed by atoms with van der Waals surface area (Å²) in [4.78, 5) is 10.2. The fraction of sp³-hybridized carbons (Fsp3) is 0.538. The van der Waals surface area contributed by atoms with Crippen LogP contribution in [-0.2, 0) is 4.74 Å². The molecular formula is C13H18N2O3. The number of non-ortho nitro benzene ring substituents is 1. The summed E-state index contributed by atoms with van der Waals surface area (Å²) in [6.45, 7) is 4.12. The van der Waals surface area contributed by atoms with Gasteiger partial charge >= 0.3 is 0 Å². The zero-order chi connectivity index (χ0) is 13.0. The van der Waals surface area contributed by atoms with Gasteiger partial charge in [0.2, 0.25) is 0 Å². The Morgan fingerprint density at radius 3 is 2.89 bits per heavy atom. The van der Waals surface area contributed by atoms with E-state index < -0.39 is 0 Å². The SMILES string of the molecule is Cc1cc([N+](=O)[O-])ccc1NCCOCC1CC1. The van der Waals surface area contributed by atoms with Crippen molar-refractivity contribution in [2.24, 2.45) is 5.92 Å². The highest BCUT2D eigenvalue weighted by Crippen LogP contribution is 2.28. The first-order chi connectivity index (χ1) is 8.66. The summed E-state index contributed by atoms with van der Waals surface area (Å²) < 4.78 is 5.51. The Morgan fingerprint density at radius 2 is 2.28 bits per heavy atom. The third kappa shape index (κ3) is 3.70. The standard InChI is InChI=1S/C13H18N2O3/c1-10-8-12(15(16)17)4-5-13(10)14-6-7-18-9-11-2-3-11/h4-5,8,11,14H,2-3,6-7,9H2,1H3. The van der Waals surface area contributed by atoms with Crippen molar-refractivity contribution >= 4 is 11.4 Å². The molecule has 0 aromatic heterocycles. The molecule has 1 aliphatic carbocycles. The lowest BCUT2D eigenvalue weighted by molar-refractivity contribution is -0.384. The van der Waals surface area contributed by atoms with Crippen molar-refractivity contribution < 1.29 is 9.66 Å². The smallest absolute Gasteiger partial charge is 0.269 e. The first kappa shape index (κ1) is 12.8. The van der Waals surface area contributed by atoms with E-state index in [2.05, 4.69) is 5.32 Å². The number of aryl methyl sites for hydroxylation is 1. The zero-order valence-corrected chi connectivity index (χ0v) is 10.5. The maximum atomic E-state index is 10.6. The Balaban J connectivity index is 1.75. The minimum Gasteiger partial charge on any atom is -0.383 e. The fourth-order valence-corrected chi connectivity index (χ4v) is 1.75. The van der Waals surface area contributed by atoms with E-state index in [0.29, 0.717) is 6.61 Å². The largest absolute Gasteiger partial charge is 0.383 e. The van der Waals surface area contributed by atoms with E-state index in [9.17, 15) is 10.1 Å². The second-order valence-electron chi connectivity index (χ2n) is 4.70. The Kier molecular flexibility index (Phi) is 4.15. The van der Waals surface area contributed by atoms with Crippen molar-refractivity contribution in [3.05, 3.63) is 33.9 Å². The van der Waals surface area contributed by atoms with Crippen LogP contribution in [0.1, 0.15) is 18.4 Å². The molecule has 0 heterocycles. The highest BCUT2D eigenvalue weighted by Gasteiger charge is 2.20. The normalized spacial score (nSPS) is 14.5. The van der Waals surface area contributed by atoms with Gasteiger partial charge in [0.15, 0.2) is 0 Å². The van der Waals surface area contributed by atoms with Gasteiger partial charge in [-0.25, -0.2) is 0 Å². The quantitative estimate of drug-likeness (QED) is 0.459. The maximum Gasteiger partial charge on any atom is 0.269 e. The molecule has 1 saturated carbocycles. The molecule has 0 amide bonds. The van der Waals surface area contributed by atoms with Crippen LogP contribution in [-0.4, -0.2) is 24.7 Å². The average Bonchev–Trinajstić information content (AvgIpc) is 3.14. The second-order valence-corrected chi connectivity index (χ2v) is 4.70. The third-order valence-corrected chi connectivity index (χ3v) is 3.03. The van der Waals surface area contributed by atoms with E-state index >= 15 is 0 Å². The number of anilines is 1. The van der Waals surface area contributed by atoms with E-state index in [1.165, 1.54) is 18.9 Å². The van der Waals surface area contributed by atoms with Gasteiger partial charge in [0, 0.05) is 31.0 Å². The Morgan fingerprint density at radius 1 is 1.50 bits per heavy atom. The first-order valence-electron chi connectivity index (χ1n) is 6.23. The summed E-state index contributed by atoms with van der Waals surface area (Å²) in [6, 6.07) is 4.84. The fourth-order valence-electron chi connectivity index (χ4n) is 1.75. The number of hydrogen-bond acceptors (Lipinski definition) is 4. The summed E-state index contributed by atoms with van der Waals surface area (Å²) in [5, 5.41) is 13.8. The van der Waals surface area contributed by atoms with Crippen molar-refractivity contribution in [3.63, 3.8) is 0 Å². The van der Waals surface area contributed by atoms with Gasteiger partial charge in [-0.3, -0.25) is 10.1 Å². The number of nitrogens with zero attached hydrogens (tertiary/aromatic N) is 1. The van der Waals surface area contributed by atoms with E-state index in [4.69, 9.17) is 4.74 Å². The lowest BCUT2D eigenvalue weighted by atomic mass is 10.2. The van der Waals surface area contributed by atoms with Crippen LogP contribution in [0, 0.1) is 23.0 Å². The lowest BCUT2D eigenvalue weighted by Crippen LogP contribution is -2.11. The van der Waals surface area contributed by atoms with Gasteiger partial charge in [0.05, 0.1) is 11.5 Å². The monoisotopic (exact) mass is 250 g/mol. The van der Waals surface area contributed by atoms with E-state index in [-0.39, 0.29) is 10.6 Å². The molecule has 0 unspecified atom stereocenters. The minimum absolute atomic E-state index is 0.128. The molecule has 5 heteroatoms. The van der Waals surface area contributed by atoms with Crippen LogP contribution in [0.5, 0.6) is 0 Å². The molecular weight excluding hydrogens is 232 g/mol. The molecule has 5 nitrogen and oxygen atoms in total. The molecule has 98 valence electrons. The number of nitro groups is 1. The number of ether oxygens (including phenoxy) is 1. The van der Waals surface area contributed by atoms with Crippen LogP contribution in [0.2, 0.25) is 0 Å². The molecule has 1 fully saturated rings. The van der Waals surface area contributed by atoms with Gasteiger partial charge < -0.3 is 10.1 Å². The van der Waals surface area contributed by atoms with Crippen LogP contribution < -0.4 is 5.32 Å². The molecule has 0 radical (unpaired) electrons. The van der Waals surface area contributed by atoms with Crippen molar-refractivity contribution in [2.75, 3.05) is 25.1 Å². The summed E-state index contributed by atoms with van der Waals surface area (Å²) in [5.74, 6) is 0.783. The number of nitro benzene ring substituents is 1. The molecule has 1 N–H and O–H groups in total. The van der Waals surface area contributed by atoms with E-state index in [1.54, 1.807) is 12.1 Å². The molecule has 0 spiro atoms. The predicted molar refractivity (Wildman–Crippen MR) is 69.9 cm³/mol. The topological polar surface area (TPSA) is 64.4 Å². The Hall–Kier alpha value is -1.62. The number of benzene rings is 1. The average molecular weight is 250 g/mol. The molecule has 0 bridgehead atoms. The first-order valence-corrected chi connectivity index (χ1v) is 6.23. The molecule has 1 aromatic carbocycles. The van der Waals surface area contributed by atoms with Gasteiger partial charge in [-0.05, 0) is 37.3 Å². The highest BCUT2D eigenvalue weighted by molar-refractivity contribution is 5.55. The van der Waals surface area contributed by atoms with Gasteiger partial charge in [-0.15, -0.1) is 0 Å². The third-order valence-electron chi connectivity index (χ3n) is 3.03. The van der Waals surface area contributed by atoms with Crippen molar-refractivity contribution in [1.82, 2.24) is 0 Å². The van der Waals surface area contributed by atoms with Crippen LogP contribution in [0.15, 0.2) is 18.2 Å². The van der Waals surface area contributed by atoms with Gasteiger partial charge in [0.1, 0.15) is 0 Å². The summed E-state index contributed by atoms with van der Waals surface area (Å²) in [7, 11) is 0. The van der Waals surface area contributed by atoms with E-state index in [0.717, 1.165) is 30.3 Å². The van der Waals surface area contributed by atoms with Crippen LogP contribution >= 0.6 is 0 Å². The number of nitrogens with one attached hydrogen (secondary N) is 1. The van der Waals surface area contributed by atoms with Gasteiger partial charge in [-0.1, -0.05) is 0 Å². The Labute approximate surface area is 106 Å². The van der Waals surface area contributed by atoms with Gasteiger partial charge in [-0.2, -0.15) is 0 Å². The molecule has 1 aromatic rings. The van der Waals surface area contributed by atoms with Crippen molar-refractivity contribution in [1.29, 1.82) is 0 Å². The summed E-state index contributed by atoms with van der Waals surface area (Å²) in [6.07, 6.45) is 2.60. The number of hydrogen-bond donors (Lipinski definition) is 1. The van der Waals surface area contributed by atoms with Crippen LogP contribution in [0.4, 0.5) is 11.4 Å². The van der Waals surface area contributed by atoms with Crippen LogP contribution in [0.25, 0.3) is 0 Å². The molecule has 2 rings (SSSR count). The molecule has 1 aliphatic rings. The molecule has 18 heavy (non-hydrogen) atoms. The minimum atomic E-state index is -0.379. The van der Waals surface area contributed by atoms with Gasteiger partial charge in [0.25, 0.3) is 5.69 Å². The number of rotatable bonds is 7.